The fourth-order valence-electron chi connectivity index (χ4n) is 3.57. The topological polar surface area (TPSA) is 67.9 Å². The molecule has 164 valence electrons. The molecule has 2 amide bonds. The van der Waals surface area contributed by atoms with Crippen molar-refractivity contribution in [2.45, 2.75) is 26.1 Å². The fourth-order valence-corrected chi connectivity index (χ4v) is 3.57. The molecule has 3 aromatic rings. The first-order valence-electron chi connectivity index (χ1n) is 10.2. The van der Waals surface area contributed by atoms with Gasteiger partial charge in [0.1, 0.15) is 17.3 Å². The van der Waals surface area contributed by atoms with Crippen LogP contribution in [0.4, 0.5) is 10.1 Å². The molecule has 1 aliphatic rings. The molecule has 4 rings (SSSR count). The minimum absolute atomic E-state index is 0.117. The molecule has 0 bridgehead atoms. The highest BCUT2D eigenvalue weighted by atomic mass is 19.1. The third-order valence-electron chi connectivity index (χ3n) is 5.28. The Morgan fingerprint density at radius 1 is 1.12 bits per heavy atom. The number of benzene rings is 3. The maximum atomic E-state index is 13.1. The molecule has 7 heteroatoms. The van der Waals surface area contributed by atoms with Crippen LogP contribution in [-0.4, -0.2) is 29.9 Å². The maximum absolute atomic E-state index is 13.1. The monoisotopic (exact) mass is 434 g/mol. The smallest absolute Gasteiger partial charge is 0.263 e. The Morgan fingerprint density at radius 2 is 1.84 bits per heavy atom. The van der Waals surface area contributed by atoms with Gasteiger partial charge in [0.05, 0.1) is 7.11 Å². The van der Waals surface area contributed by atoms with Crippen molar-refractivity contribution in [2.24, 2.45) is 0 Å². The zero-order chi connectivity index (χ0) is 22.7. The van der Waals surface area contributed by atoms with Crippen LogP contribution in [0.1, 0.15) is 28.4 Å². The Kier molecular flexibility index (Phi) is 6.07. The first-order valence-corrected chi connectivity index (χ1v) is 10.2. The third kappa shape index (κ3) is 4.72. The lowest BCUT2D eigenvalue weighted by molar-refractivity contribution is -0.138. The van der Waals surface area contributed by atoms with E-state index in [0.717, 1.165) is 16.9 Å². The quantitative estimate of drug-likeness (QED) is 0.647. The summed E-state index contributed by atoms with van der Waals surface area (Å²) in [6.45, 7) is 2.48. The van der Waals surface area contributed by atoms with Crippen molar-refractivity contribution in [1.82, 2.24) is 4.90 Å². The zero-order valence-corrected chi connectivity index (χ0v) is 17.8. The molecule has 0 saturated heterocycles. The van der Waals surface area contributed by atoms with Gasteiger partial charge in [0, 0.05) is 29.9 Å². The fraction of sp³-hybridized carbons (Fsp3) is 0.200. The molecule has 1 atom stereocenters. The van der Waals surface area contributed by atoms with Crippen molar-refractivity contribution >= 4 is 17.5 Å². The lowest BCUT2D eigenvalue weighted by Crippen LogP contribution is -2.37. The average Bonchev–Trinajstić information content (AvgIpc) is 2.91. The van der Waals surface area contributed by atoms with E-state index in [1.165, 1.54) is 24.3 Å². The lowest BCUT2D eigenvalue weighted by Gasteiger charge is -2.22. The number of ether oxygens (including phenoxy) is 2. The number of rotatable bonds is 5. The van der Waals surface area contributed by atoms with E-state index in [1.807, 2.05) is 24.3 Å². The maximum Gasteiger partial charge on any atom is 0.263 e. The molecular weight excluding hydrogens is 411 g/mol. The molecule has 3 aromatic carbocycles. The molecule has 0 aromatic heterocycles. The van der Waals surface area contributed by atoms with Gasteiger partial charge >= 0.3 is 0 Å². The highest BCUT2D eigenvalue weighted by molar-refractivity contribution is 6.04. The number of nitrogens with one attached hydrogen (secondary N) is 1. The number of nitrogens with zero attached hydrogens (tertiary/aromatic N) is 1. The van der Waals surface area contributed by atoms with E-state index in [0.29, 0.717) is 30.1 Å². The molecule has 0 fully saturated rings. The number of carbonyl (C=O) groups excluding carboxylic acids is 2. The van der Waals surface area contributed by atoms with Gasteiger partial charge in [-0.1, -0.05) is 12.1 Å². The van der Waals surface area contributed by atoms with Gasteiger partial charge in [-0.25, -0.2) is 4.39 Å². The molecule has 32 heavy (non-hydrogen) atoms. The van der Waals surface area contributed by atoms with Crippen molar-refractivity contribution in [2.75, 3.05) is 12.4 Å². The van der Waals surface area contributed by atoms with E-state index in [1.54, 1.807) is 37.1 Å². The Morgan fingerprint density at radius 3 is 2.53 bits per heavy atom. The lowest BCUT2D eigenvalue weighted by atomic mass is 10.1. The van der Waals surface area contributed by atoms with E-state index < -0.39 is 11.9 Å². The summed E-state index contributed by atoms with van der Waals surface area (Å²) >= 11 is 0. The Bertz CT molecular complexity index is 1130. The van der Waals surface area contributed by atoms with Crippen LogP contribution in [0, 0.1) is 5.82 Å². The summed E-state index contributed by atoms with van der Waals surface area (Å²) in [5, 5.41) is 2.81. The van der Waals surface area contributed by atoms with Crippen LogP contribution in [-0.2, 0) is 17.9 Å². The van der Waals surface area contributed by atoms with Gasteiger partial charge in [-0.2, -0.15) is 0 Å². The van der Waals surface area contributed by atoms with E-state index in [9.17, 15) is 14.0 Å². The van der Waals surface area contributed by atoms with Crippen molar-refractivity contribution in [3.8, 4) is 11.5 Å². The number of hydrogen-bond acceptors (Lipinski definition) is 4. The summed E-state index contributed by atoms with van der Waals surface area (Å²) in [6, 6.07) is 18.1. The molecule has 0 aliphatic carbocycles. The van der Waals surface area contributed by atoms with Crippen molar-refractivity contribution < 1.29 is 23.5 Å². The van der Waals surface area contributed by atoms with Crippen LogP contribution in [0.25, 0.3) is 0 Å². The van der Waals surface area contributed by atoms with Crippen LogP contribution in [0.15, 0.2) is 66.7 Å². The Balaban J connectivity index is 1.54. The van der Waals surface area contributed by atoms with Gasteiger partial charge in [0.15, 0.2) is 6.10 Å². The first-order chi connectivity index (χ1) is 15.4. The molecular formula is C25H23FN2O4. The first kappa shape index (κ1) is 21.4. The van der Waals surface area contributed by atoms with Crippen molar-refractivity contribution in [3.63, 3.8) is 0 Å². The average molecular weight is 434 g/mol. The molecule has 0 radical (unpaired) electrons. The molecule has 1 aliphatic heterocycles. The van der Waals surface area contributed by atoms with E-state index in [2.05, 4.69) is 5.32 Å². The molecule has 0 spiro atoms. The predicted molar refractivity (Wildman–Crippen MR) is 118 cm³/mol. The SMILES string of the molecule is COc1ccc(CN2Cc3cc(NC(=O)c4ccc(F)cc4)ccc3OC(C)C2=O)cc1. The second kappa shape index (κ2) is 9.09. The minimum Gasteiger partial charge on any atom is -0.497 e. The largest absolute Gasteiger partial charge is 0.497 e. The van der Waals surface area contributed by atoms with E-state index in [4.69, 9.17) is 9.47 Å². The van der Waals surface area contributed by atoms with Crippen LogP contribution in [0.3, 0.4) is 0 Å². The van der Waals surface area contributed by atoms with E-state index in [-0.39, 0.29) is 11.8 Å². The standard InChI is InChI=1S/C25H23FN2O4/c1-16-25(30)28(14-17-3-10-22(31-2)11-4-17)15-19-13-21(9-12-23(19)32-16)27-24(29)18-5-7-20(26)8-6-18/h3-13,16H,14-15H2,1-2H3,(H,27,29). The van der Waals surface area contributed by atoms with Crippen LogP contribution < -0.4 is 14.8 Å². The second-order valence-electron chi connectivity index (χ2n) is 7.59. The summed E-state index contributed by atoms with van der Waals surface area (Å²) in [7, 11) is 1.61. The number of halogens is 1. The van der Waals surface area contributed by atoms with Gasteiger partial charge in [-0.3, -0.25) is 9.59 Å². The van der Waals surface area contributed by atoms with E-state index >= 15 is 0 Å². The summed E-state index contributed by atoms with van der Waals surface area (Å²) in [6.07, 6.45) is -0.630. The number of hydrogen-bond donors (Lipinski definition) is 1. The normalized spacial score (nSPS) is 15.4. The molecule has 1 N–H and O–H groups in total. The number of fused-ring (bicyclic) bond motifs is 1. The summed E-state index contributed by atoms with van der Waals surface area (Å²) in [4.78, 5) is 27.1. The van der Waals surface area contributed by atoms with Crippen LogP contribution in [0.2, 0.25) is 0 Å². The Labute approximate surface area is 185 Å². The van der Waals surface area contributed by atoms with Crippen LogP contribution >= 0.6 is 0 Å². The van der Waals surface area contributed by atoms with Crippen molar-refractivity contribution in [1.29, 1.82) is 0 Å². The van der Waals surface area contributed by atoms with Gasteiger partial charge in [-0.15, -0.1) is 0 Å². The van der Waals surface area contributed by atoms with Gasteiger partial charge in [0.2, 0.25) is 0 Å². The van der Waals surface area contributed by atoms with Gasteiger partial charge < -0.3 is 19.7 Å². The highest BCUT2D eigenvalue weighted by Gasteiger charge is 2.28. The zero-order valence-electron chi connectivity index (χ0n) is 17.8. The minimum atomic E-state index is -0.630. The number of carbonyl (C=O) groups is 2. The van der Waals surface area contributed by atoms with Crippen molar-refractivity contribution in [3.05, 3.63) is 89.2 Å². The van der Waals surface area contributed by atoms with Gasteiger partial charge in [0.25, 0.3) is 11.8 Å². The van der Waals surface area contributed by atoms with Crippen LogP contribution in [0.5, 0.6) is 11.5 Å². The molecule has 0 saturated carbocycles. The predicted octanol–water partition coefficient (Wildman–Crippen LogP) is 4.40. The summed E-state index contributed by atoms with van der Waals surface area (Å²) < 4.78 is 24.2. The molecule has 6 nitrogen and oxygen atoms in total. The highest BCUT2D eigenvalue weighted by Crippen LogP contribution is 2.30. The van der Waals surface area contributed by atoms with Gasteiger partial charge in [-0.05, 0) is 67.1 Å². The third-order valence-corrected chi connectivity index (χ3v) is 5.28. The molecule has 1 heterocycles. The number of anilines is 1. The molecule has 1 unspecified atom stereocenters. The Hall–Kier alpha value is -3.87. The summed E-state index contributed by atoms with van der Waals surface area (Å²) in [5.41, 5.74) is 2.67. The summed E-state index contributed by atoms with van der Waals surface area (Å²) in [5.74, 6) is 0.481. The second-order valence-corrected chi connectivity index (χ2v) is 7.59. The number of methoxy groups -OCH3 is 1. The number of amides is 2.